The molecule has 0 aliphatic heterocycles. The molecule has 1 heteroatoms. The predicted octanol–water partition coefficient (Wildman–Crippen LogP) is 20.4. The Labute approximate surface area is 445 Å². The number of benzene rings is 12. The minimum absolute atomic E-state index is 0.202. The molecule has 0 atom stereocenters. The molecule has 1 nitrogen and oxygen atoms in total. The molecule has 12 aromatic carbocycles. The number of hydrogen-bond acceptors (Lipinski definition) is 0. The number of rotatable bonds is 9. The quantitative estimate of drug-likeness (QED) is 0.136. The third-order valence-corrected chi connectivity index (χ3v) is 16.1. The van der Waals surface area contributed by atoms with E-state index in [1.165, 1.54) is 139 Å². The summed E-state index contributed by atoms with van der Waals surface area (Å²) in [5.41, 5.74) is 28.2. The van der Waals surface area contributed by atoms with Crippen molar-refractivity contribution in [2.45, 2.75) is 19.3 Å². The zero-order valence-electron chi connectivity index (χ0n) is 42.6. The molecule has 0 bridgehead atoms. The normalized spacial score (nSPS) is 12.4. The van der Waals surface area contributed by atoms with E-state index in [1.54, 1.807) is 0 Å². The van der Waals surface area contributed by atoms with Crippen LogP contribution >= 0.6 is 0 Å². The second-order valence-electron chi connectivity index (χ2n) is 20.9. The van der Waals surface area contributed by atoms with Crippen molar-refractivity contribution in [3.63, 3.8) is 0 Å². The van der Waals surface area contributed by atoms with Crippen LogP contribution in [0.5, 0.6) is 0 Å². The van der Waals surface area contributed by atoms with Crippen LogP contribution < -0.4 is 0 Å². The van der Waals surface area contributed by atoms with Gasteiger partial charge in [0.25, 0.3) is 0 Å². The number of nitrogens with zero attached hydrogens (tertiary/aromatic N) is 1. The van der Waals surface area contributed by atoms with E-state index in [0.29, 0.717) is 0 Å². The zero-order chi connectivity index (χ0) is 50.7. The standard InChI is InChI=1S/C75H53N/c1-75(2)71-48-65(62-36-26-55(27-37-62)52-16-10-5-11-17-52)38-42-67(71)68-43-41-66(49-72(68)75)76-73-44-39-63(60-32-28-58(29-33-60)56-22-18-53(19-23-56)50-12-6-3-7-13-50)46-69(73)70-47-64(40-45-74(70)76)61-34-30-59(31-35-61)57-24-20-54(21-25-57)51-14-8-4-9-15-51/h3-49H,1-2H3. The van der Waals surface area contributed by atoms with E-state index in [-0.39, 0.29) is 5.41 Å². The van der Waals surface area contributed by atoms with Crippen LogP contribution in [0.2, 0.25) is 0 Å². The van der Waals surface area contributed by atoms with E-state index >= 15 is 0 Å². The van der Waals surface area contributed by atoms with E-state index in [9.17, 15) is 0 Å². The first-order valence-corrected chi connectivity index (χ1v) is 26.5. The van der Waals surface area contributed by atoms with E-state index in [0.717, 1.165) is 0 Å². The van der Waals surface area contributed by atoms with Gasteiger partial charge in [-0.05, 0) is 154 Å². The van der Waals surface area contributed by atoms with Gasteiger partial charge in [-0.1, -0.05) is 257 Å². The van der Waals surface area contributed by atoms with Crippen molar-refractivity contribution in [2.75, 3.05) is 0 Å². The zero-order valence-corrected chi connectivity index (χ0v) is 42.6. The molecular formula is C75H53N. The molecule has 0 radical (unpaired) electrons. The molecule has 0 saturated carbocycles. The number of aromatic nitrogens is 1. The van der Waals surface area contributed by atoms with Crippen LogP contribution in [0.1, 0.15) is 25.0 Å². The molecule has 0 saturated heterocycles. The highest BCUT2D eigenvalue weighted by molar-refractivity contribution is 6.12. The fourth-order valence-electron chi connectivity index (χ4n) is 11.9. The average Bonchev–Trinajstić information content (AvgIpc) is 4.13. The molecule has 1 aromatic heterocycles. The Kier molecular flexibility index (Phi) is 10.9. The Bertz CT molecular complexity index is 4080. The van der Waals surface area contributed by atoms with Gasteiger partial charge in [0.05, 0.1) is 11.0 Å². The molecule has 76 heavy (non-hydrogen) atoms. The van der Waals surface area contributed by atoms with Crippen molar-refractivity contribution >= 4 is 21.8 Å². The van der Waals surface area contributed by atoms with Crippen LogP contribution in [0.25, 0.3) is 128 Å². The highest BCUT2D eigenvalue weighted by Gasteiger charge is 2.36. The summed E-state index contributed by atoms with van der Waals surface area (Å²) >= 11 is 0. The van der Waals surface area contributed by atoms with Crippen molar-refractivity contribution < 1.29 is 0 Å². The number of hydrogen-bond donors (Lipinski definition) is 0. The van der Waals surface area contributed by atoms with E-state index in [2.05, 4.69) is 304 Å². The van der Waals surface area contributed by atoms with E-state index in [1.807, 2.05) is 0 Å². The summed E-state index contributed by atoms with van der Waals surface area (Å²) < 4.78 is 2.49. The second kappa shape index (κ2) is 18.4. The summed E-state index contributed by atoms with van der Waals surface area (Å²) in [6.45, 7) is 4.79. The fraction of sp³-hybridized carbons (Fsp3) is 0.0400. The first-order chi connectivity index (χ1) is 37.4. The van der Waals surface area contributed by atoms with Gasteiger partial charge in [0.1, 0.15) is 0 Å². The lowest BCUT2D eigenvalue weighted by molar-refractivity contribution is 0.660. The maximum atomic E-state index is 2.49. The molecule has 0 amide bonds. The van der Waals surface area contributed by atoms with Gasteiger partial charge in [0.15, 0.2) is 0 Å². The predicted molar refractivity (Wildman–Crippen MR) is 322 cm³/mol. The third kappa shape index (κ3) is 7.97. The summed E-state index contributed by atoms with van der Waals surface area (Å²) in [7, 11) is 0. The lowest BCUT2D eigenvalue weighted by Gasteiger charge is -2.23. The summed E-state index contributed by atoms with van der Waals surface area (Å²) in [6, 6.07) is 105. The van der Waals surface area contributed by atoms with Gasteiger partial charge in [-0.2, -0.15) is 0 Å². The molecule has 0 fully saturated rings. The van der Waals surface area contributed by atoms with Crippen molar-refractivity contribution in [3.05, 3.63) is 296 Å². The first kappa shape index (κ1) is 45.1. The topological polar surface area (TPSA) is 4.93 Å². The molecular weight excluding hydrogens is 915 g/mol. The minimum atomic E-state index is -0.202. The Morgan fingerprint density at radius 2 is 0.474 bits per heavy atom. The van der Waals surface area contributed by atoms with Crippen LogP contribution in [0.4, 0.5) is 0 Å². The fourth-order valence-corrected chi connectivity index (χ4v) is 11.9. The molecule has 1 aliphatic carbocycles. The summed E-state index contributed by atoms with van der Waals surface area (Å²) in [6.07, 6.45) is 0. The largest absolute Gasteiger partial charge is 0.309 e. The van der Waals surface area contributed by atoms with Gasteiger partial charge in [-0.15, -0.1) is 0 Å². The van der Waals surface area contributed by atoms with Gasteiger partial charge >= 0.3 is 0 Å². The maximum absolute atomic E-state index is 2.49. The van der Waals surface area contributed by atoms with Crippen molar-refractivity contribution in [1.29, 1.82) is 0 Å². The second-order valence-corrected chi connectivity index (χ2v) is 20.9. The average molecular weight is 968 g/mol. The van der Waals surface area contributed by atoms with Gasteiger partial charge in [-0.3, -0.25) is 0 Å². The van der Waals surface area contributed by atoms with E-state index < -0.39 is 0 Å². The Balaban J connectivity index is 0.826. The molecule has 13 aromatic rings. The van der Waals surface area contributed by atoms with Crippen molar-refractivity contribution in [3.8, 4) is 106 Å². The van der Waals surface area contributed by atoms with Crippen LogP contribution in [-0.4, -0.2) is 4.57 Å². The SMILES string of the molecule is CC1(C)c2cc(-c3ccc(-c4ccccc4)cc3)ccc2-c2ccc(-n3c4ccc(-c5ccc(-c6ccc(-c7ccccc7)cc6)cc5)cc4c4cc(-c5ccc(-c6ccc(-c7ccccc7)cc6)cc5)ccc43)cc21. The molecule has 358 valence electrons. The lowest BCUT2D eigenvalue weighted by atomic mass is 9.81. The van der Waals surface area contributed by atoms with Crippen molar-refractivity contribution in [1.82, 2.24) is 4.57 Å². The Morgan fingerprint density at radius 3 is 0.816 bits per heavy atom. The Hall–Kier alpha value is -9.56. The monoisotopic (exact) mass is 967 g/mol. The minimum Gasteiger partial charge on any atom is -0.309 e. The highest BCUT2D eigenvalue weighted by Crippen LogP contribution is 2.51. The third-order valence-electron chi connectivity index (χ3n) is 16.1. The molecule has 1 heterocycles. The molecule has 0 unspecified atom stereocenters. The van der Waals surface area contributed by atoms with Gasteiger partial charge in [-0.25, -0.2) is 0 Å². The van der Waals surface area contributed by atoms with Gasteiger partial charge in [0.2, 0.25) is 0 Å². The summed E-state index contributed by atoms with van der Waals surface area (Å²) in [5, 5.41) is 2.46. The van der Waals surface area contributed by atoms with Crippen LogP contribution in [0.15, 0.2) is 285 Å². The highest BCUT2D eigenvalue weighted by atomic mass is 15.0. The van der Waals surface area contributed by atoms with Crippen LogP contribution in [0.3, 0.4) is 0 Å². The van der Waals surface area contributed by atoms with Gasteiger partial charge in [0, 0.05) is 21.9 Å². The molecule has 1 aliphatic rings. The molecule has 14 rings (SSSR count). The van der Waals surface area contributed by atoms with Crippen molar-refractivity contribution in [2.24, 2.45) is 0 Å². The first-order valence-electron chi connectivity index (χ1n) is 26.5. The molecule has 0 spiro atoms. The summed E-state index contributed by atoms with van der Waals surface area (Å²) in [4.78, 5) is 0. The summed E-state index contributed by atoms with van der Waals surface area (Å²) in [5.74, 6) is 0. The molecule has 0 N–H and O–H groups in total. The smallest absolute Gasteiger partial charge is 0.0541 e. The number of fused-ring (bicyclic) bond motifs is 6. The lowest BCUT2D eigenvalue weighted by Crippen LogP contribution is -2.15. The van der Waals surface area contributed by atoms with E-state index in [4.69, 9.17) is 0 Å². The van der Waals surface area contributed by atoms with Crippen LogP contribution in [-0.2, 0) is 5.41 Å². The maximum Gasteiger partial charge on any atom is 0.0541 e. The van der Waals surface area contributed by atoms with Gasteiger partial charge < -0.3 is 4.57 Å². The Morgan fingerprint density at radius 1 is 0.224 bits per heavy atom. The van der Waals surface area contributed by atoms with Crippen LogP contribution in [0, 0.1) is 0 Å².